The van der Waals surface area contributed by atoms with E-state index >= 15 is 0 Å². The second-order valence-corrected chi connectivity index (χ2v) is 14.8. The van der Waals surface area contributed by atoms with E-state index in [0.29, 0.717) is 36.9 Å². The van der Waals surface area contributed by atoms with Gasteiger partial charge in [-0.2, -0.15) is 5.10 Å². The van der Waals surface area contributed by atoms with Crippen molar-refractivity contribution < 1.29 is 9.53 Å². The topological polar surface area (TPSA) is 125 Å². The molecule has 7 heterocycles. The summed E-state index contributed by atoms with van der Waals surface area (Å²) in [6, 6.07) is 16.2. The number of ether oxygens (including phenoxy) is 1. The summed E-state index contributed by atoms with van der Waals surface area (Å²) < 4.78 is 7.84. The highest BCUT2D eigenvalue weighted by molar-refractivity contribution is 5.86. The molecule has 3 aromatic heterocycles. The fraction of sp³-hybridized carbons (Fsp3) is 0.390. The molecule has 0 saturated carbocycles. The number of nitrogens with zero attached hydrogens (tertiary/aromatic N) is 7. The van der Waals surface area contributed by atoms with Gasteiger partial charge in [0, 0.05) is 92.0 Å². The fourth-order valence-electron chi connectivity index (χ4n) is 8.56. The second kappa shape index (κ2) is 14.1. The first-order valence-electron chi connectivity index (χ1n) is 19.0. The molecule has 0 bridgehead atoms. The Bertz CT molecular complexity index is 2150. The minimum Gasteiger partial charge on any atom is -0.474 e. The van der Waals surface area contributed by atoms with Crippen molar-refractivity contribution >= 4 is 39.8 Å². The largest absolute Gasteiger partial charge is 0.474 e. The zero-order valence-corrected chi connectivity index (χ0v) is 30.2. The third-order valence-corrected chi connectivity index (χ3v) is 11.6. The van der Waals surface area contributed by atoms with Gasteiger partial charge in [-0.05, 0) is 73.9 Å². The first-order chi connectivity index (χ1) is 25.9. The van der Waals surface area contributed by atoms with Gasteiger partial charge in [0.1, 0.15) is 12.3 Å². The molecule has 0 spiro atoms. The van der Waals surface area contributed by atoms with Gasteiger partial charge in [0.2, 0.25) is 17.7 Å². The molecule has 12 nitrogen and oxygen atoms in total. The fourth-order valence-corrected chi connectivity index (χ4v) is 8.56. The van der Waals surface area contributed by atoms with Crippen molar-refractivity contribution in [3.8, 4) is 17.0 Å². The Labute approximate surface area is 309 Å². The quantitative estimate of drug-likeness (QED) is 0.171. The minimum atomic E-state index is 0.0751. The maximum Gasteiger partial charge on any atom is 0.237 e. The molecule has 9 rings (SSSR count). The van der Waals surface area contributed by atoms with Gasteiger partial charge in [0.05, 0.1) is 23.4 Å². The van der Waals surface area contributed by atoms with Crippen LogP contribution in [0.2, 0.25) is 0 Å². The van der Waals surface area contributed by atoms with Gasteiger partial charge < -0.3 is 30.5 Å². The maximum atomic E-state index is 11.7. The summed E-state index contributed by atoms with van der Waals surface area (Å²) in [7, 11) is 0. The lowest BCUT2D eigenvalue weighted by Crippen LogP contribution is -2.48. The van der Waals surface area contributed by atoms with E-state index in [2.05, 4.69) is 103 Å². The van der Waals surface area contributed by atoms with Crippen LogP contribution in [0.25, 0.3) is 22.0 Å². The van der Waals surface area contributed by atoms with E-state index in [1.807, 2.05) is 18.6 Å². The SMILES string of the molecule is C=C1NC(=O)CCC1c1ccc(N2CCC(N3CCC(n4cc(Nc5ncc6ccc(-c7cnc8c(c7C)NCCO8)cc6n5)cn4)CC3)CC2)cc1. The maximum absolute atomic E-state index is 11.7. The number of hydrogen-bond donors (Lipinski definition) is 3. The molecule has 0 radical (unpaired) electrons. The van der Waals surface area contributed by atoms with E-state index in [0.717, 1.165) is 96.7 Å². The Balaban J connectivity index is 0.780. The molecule has 1 unspecified atom stereocenters. The summed E-state index contributed by atoms with van der Waals surface area (Å²) in [5.74, 6) is 1.49. The third-order valence-electron chi connectivity index (χ3n) is 11.6. The summed E-state index contributed by atoms with van der Waals surface area (Å²) in [6.07, 6.45) is 13.6. The standard InChI is InChI=1S/C41H46N10O2/c1-26-36(24-43-40-39(26)42-15-20-53-40)29-3-4-30-22-44-41(48-37(30)21-29)47-31-23-45-51(25-31)34-13-18-50(19-14-34)33-11-16-49(17-12-33)32-7-5-28(6-8-32)35-9-10-38(52)46-27(35)2/h3-8,21-25,33-35,42H,2,9-20H2,1H3,(H,46,52)(H,44,47,48). The van der Waals surface area contributed by atoms with Crippen molar-refractivity contribution in [1.29, 1.82) is 0 Å². The van der Waals surface area contributed by atoms with Gasteiger partial charge in [-0.1, -0.05) is 30.8 Å². The molecule has 3 N–H and O–H groups in total. The smallest absolute Gasteiger partial charge is 0.237 e. The Morgan fingerprint density at radius 2 is 1.74 bits per heavy atom. The van der Waals surface area contributed by atoms with E-state index in [9.17, 15) is 4.79 Å². The van der Waals surface area contributed by atoms with E-state index in [-0.39, 0.29) is 11.8 Å². The van der Waals surface area contributed by atoms with Crippen LogP contribution in [0.15, 0.2) is 79.5 Å². The second-order valence-electron chi connectivity index (χ2n) is 14.8. The molecule has 12 heteroatoms. The summed E-state index contributed by atoms with van der Waals surface area (Å²) >= 11 is 0. The van der Waals surface area contributed by atoms with Crippen molar-refractivity contribution in [1.82, 2.24) is 34.9 Å². The van der Waals surface area contributed by atoms with Crippen LogP contribution in [-0.4, -0.2) is 80.9 Å². The summed E-state index contributed by atoms with van der Waals surface area (Å²) in [6.45, 7) is 11.9. The molecule has 272 valence electrons. The zero-order valence-electron chi connectivity index (χ0n) is 30.2. The lowest BCUT2D eigenvalue weighted by atomic mass is 9.88. The Morgan fingerprint density at radius 1 is 0.925 bits per heavy atom. The molecular weight excluding hydrogens is 665 g/mol. The predicted molar refractivity (Wildman–Crippen MR) is 208 cm³/mol. The summed E-state index contributed by atoms with van der Waals surface area (Å²) in [5.41, 5.74) is 9.27. The minimum absolute atomic E-state index is 0.0751. The van der Waals surface area contributed by atoms with Crippen LogP contribution >= 0.6 is 0 Å². The zero-order chi connectivity index (χ0) is 35.9. The van der Waals surface area contributed by atoms with Crippen molar-refractivity contribution in [2.45, 2.75) is 63.5 Å². The number of piperidine rings is 3. The van der Waals surface area contributed by atoms with Crippen LogP contribution in [0.1, 0.15) is 61.6 Å². The molecule has 3 fully saturated rings. The van der Waals surface area contributed by atoms with Crippen LogP contribution in [0, 0.1) is 6.92 Å². The molecule has 1 amide bonds. The number of fused-ring (bicyclic) bond motifs is 2. The van der Waals surface area contributed by atoms with Gasteiger partial charge in [0.15, 0.2) is 0 Å². The van der Waals surface area contributed by atoms with Crippen molar-refractivity contribution in [2.75, 3.05) is 54.9 Å². The molecule has 53 heavy (non-hydrogen) atoms. The molecule has 4 aliphatic rings. The van der Waals surface area contributed by atoms with Gasteiger partial charge in [0.25, 0.3) is 0 Å². The highest BCUT2D eigenvalue weighted by Crippen LogP contribution is 2.37. The van der Waals surface area contributed by atoms with Crippen molar-refractivity contribution in [3.63, 3.8) is 0 Å². The van der Waals surface area contributed by atoms with Crippen LogP contribution in [-0.2, 0) is 4.79 Å². The molecule has 0 aliphatic carbocycles. The number of benzene rings is 2. The lowest BCUT2D eigenvalue weighted by molar-refractivity contribution is -0.121. The predicted octanol–water partition coefficient (Wildman–Crippen LogP) is 6.56. The highest BCUT2D eigenvalue weighted by atomic mass is 16.5. The van der Waals surface area contributed by atoms with Crippen molar-refractivity contribution in [3.05, 3.63) is 90.7 Å². The van der Waals surface area contributed by atoms with E-state index < -0.39 is 0 Å². The molecular formula is C41H46N10O2. The summed E-state index contributed by atoms with van der Waals surface area (Å²) in [4.78, 5) is 30.9. The number of pyridine rings is 1. The number of amides is 1. The average molecular weight is 711 g/mol. The van der Waals surface area contributed by atoms with Gasteiger partial charge in [-0.15, -0.1) is 0 Å². The number of carbonyl (C=O) groups excluding carboxylic acids is 1. The number of allylic oxidation sites excluding steroid dienone is 1. The van der Waals surface area contributed by atoms with Crippen LogP contribution in [0.3, 0.4) is 0 Å². The van der Waals surface area contributed by atoms with Crippen LogP contribution in [0.4, 0.5) is 23.0 Å². The number of hydrogen-bond acceptors (Lipinski definition) is 10. The number of nitrogens with one attached hydrogen (secondary N) is 3. The molecule has 3 saturated heterocycles. The molecule has 4 aliphatic heterocycles. The Hall–Kier alpha value is -5.49. The highest BCUT2D eigenvalue weighted by Gasteiger charge is 2.30. The van der Waals surface area contributed by atoms with Gasteiger partial charge in [-0.25, -0.2) is 15.0 Å². The number of carbonyl (C=O) groups is 1. The Morgan fingerprint density at radius 3 is 2.55 bits per heavy atom. The van der Waals surface area contributed by atoms with E-state index in [4.69, 9.17) is 14.8 Å². The van der Waals surface area contributed by atoms with Crippen molar-refractivity contribution in [2.24, 2.45) is 0 Å². The van der Waals surface area contributed by atoms with Gasteiger partial charge >= 0.3 is 0 Å². The van der Waals surface area contributed by atoms with Crippen LogP contribution < -0.4 is 25.6 Å². The molecule has 2 aromatic carbocycles. The third kappa shape index (κ3) is 6.79. The van der Waals surface area contributed by atoms with E-state index in [1.165, 1.54) is 24.1 Å². The lowest BCUT2D eigenvalue weighted by Gasteiger charge is -2.42. The average Bonchev–Trinajstić information content (AvgIpc) is 3.66. The number of rotatable bonds is 7. The normalized spacial score (nSPS) is 20.1. The van der Waals surface area contributed by atoms with Gasteiger partial charge in [-0.3, -0.25) is 9.48 Å². The first kappa shape index (κ1) is 33.4. The molecule has 5 aromatic rings. The summed E-state index contributed by atoms with van der Waals surface area (Å²) in [5, 5.41) is 15.5. The molecule has 1 atom stereocenters. The number of anilines is 4. The number of aromatic nitrogens is 5. The van der Waals surface area contributed by atoms with Crippen LogP contribution in [0.5, 0.6) is 5.88 Å². The monoisotopic (exact) mass is 710 g/mol. The van der Waals surface area contributed by atoms with E-state index in [1.54, 1.807) is 0 Å². The number of likely N-dealkylation sites (tertiary alicyclic amines) is 1. The Kier molecular flexibility index (Phi) is 8.90. The first-order valence-corrected chi connectivity index (χ1v) is 19.0.